The Balaban J connectivity index is 3.25. The molecule has 0 aromatic rings. The molecule has 0 spiro atoms. The van der Waals surface area contributed by atoms with Crippen LogP contribution < -0.4 is 0 Å². The molecule has 0 bridgehead atoms. The molecule has 0 aliphatic carbocycles. The second-order valence-electron chi connectivity index (χ2n) is 2.29. The van der Waals surface area contributed by atoms with Crippen LogP contribution in [0, 0.1) is 0 Å². The van der Waals surface area contributed by atoms with Gasteiger partial charge in [0.1, 0.15) is 12.6 Å². The predicted octanol–water partition coefficient (Wildman–Crippen LogP) is 0.975. The molecule has 60 valence electrons. The van der Waals surface area contributed by atoms with Crippen LogP contribution in [0.5, 0.6) is 0 Å². The molecule has 0 aliphatic rings. The second-order valence-corrected chi connectivity index (χ2v) is 2.29. The Morgan fingerprint density at radius 3 is 2.60 bits per heavy atom. The van der Waals surface area contributed by atoms with Gasteiger partial charge in [-0.3, -0.25) is 4.79 Å². The first-order chi connectivity index (χ1) is 4.66. The van der Waals surface area contributed by atoms with E-state index in [-0.39, 0.29) is 18.7 Å². The van der Waals surface area contributed by atoms with Gasteiger partial charge < -0.3 is 9.47 Å². The average molecular weight is 146 g/mol. The third-order valence-corrected chi connectivity index (χ3v) is 1.05. The van der Waals surface area contributed by atoms with Crippen molar-refractivity contribution in [2.45, 2.75) is 26.4 Å². The van der Waals surface area contributed by atoms with E-state index >= 15 is 0 Å². The third-order valence-electron chi connectivity index (χ3n) is 1.05. The molecule has 0 amide bonds. The van der Waals surface area contributed by atoms with Gasteiger partial charge in [0.15, 0.2) is 0 Å². The van der Waals surface area contributed by atoms with E-state index in [2.05, 4.69) is 4.74 Å². The molecule has 0 fully saturated rings. The van der Waals surface area contributed by atoms with Gasteiger partial charge in [0.05, 0.1) is 6.10 Å². The lowest BCUT2D eigenvalue weighted by Gasteiger charge is -2.08. The van der Waals surface area contributed by atoms with Crippen molar-refractivity contribution >= 4 is 5.78 Å². The van der Waals surface area contributed by atoms with Crippen molar-refractivity contribution in [1.82, 2.24) is 0 Å². The van der Waals surface area contributed by atoms with Gasteiger partial charge in [-0.05, 0) is 13.8 Å². The number of hydrogen-bond donors (Lipinski definition) is 0. The molecule has 0 aliphatic heterocycles. The summed E-state index contributed by atoms with van der Waals surface area (Å²) in [7, 11) is 1.56. The van der Waals surface area contributed by atoms with Crippen LogP contribution in [0.4, 0.5) is 0 Å². The molecule has 1 unspecified atom stereocenters. The lowest BCUT2D eigenvalue weighted by molar-refractivity contribution is -0.122. The number of ketones is 1. The predicted molar refractivity (Wildman–Crippen MR) is 37.7 cm³/mol. The maximum absolute atomic E-state index is 10.5. The fourth-order valence-electron chi connectivity index (χ4n) is 0.648. The van der Waals surface area contributed by atoms with Crippen molar-refractivity contribution in [2.24, 2.45) is 0 Å². The van der Waals surface area contributed by atoms with E-state index in [4.69, 9.17) is 4.74 Å². The average Bonchev–Trinajstić information content (AvgIpc) is 1.82. The van der Waals surface area contributed by atoms with Crippen LogP contribution in [0.2, 0.25) is 0 Å². The van der Waals surface area contributed by atoms with Gasteiger partial charge in [-0.2, -0.15) is 0 Å². The highest BCUT2D eigenvalue weighted by atomic mass is 16.7. The Morgan fingerprint density at radius 2 is 2.20 bits per heavy atom. The molecular weight excluding hydrogens is 132 g/mol. The number of carbonyl (C=O) groups excluding carboxylic acids is 1. The first-order valence-corrected chi connectivity index (χ1v) is 3.26. The van der Waals surface area contributed by atoms with E-state index in [1.807, 2.05) is 6.92 Å². The summed E-state index contributed by atoms with van der Waals surface area (Å²) >= 11 is 0. The SMILES string of the molecule is COCOC(C)CC(C)=O. The molecule has 1 atom stereocenters. The minimum absolute atomic E-state index is 0.0301. The fourth-order valence-corrected chi connectivity index (χ4v) is 0.648. The summed E-state index contributed by atoms with van der Waals surface area (Å²) in [5.74, 6) is 0.142. The Kier molecular flexibility index (Phi) is 5.16. The van der Waals surface area contributed by atoms with Gasteiger partial charge in [-0.1, -0.05) is 0 Å². The van der Waals surface area contributed by atoms with Crippen molar-refractivity contribution < 1.29 is 14.3 Å². The van der Waals surface area contributed by atoms with Gasteiger partial charge in [0.25, 0.3) is 0 Å². The van der Waals surface area contributed by atoms with Crippen LogP contribution in [-0.2, 0) is 14.3 Å². The van der Waals surface area contributed by atoms with Crippen molar-refractivity contribution in [3.05, 3.63) is 0 Å². The summed E-state index contributed by atoms with van der Waals surface area (Å²) in [6, 6.07) is 0. The molecule has 0 aromatic carbocycles. The van der Waals surface area contributed by atoms with Crippen LogP contribution in [0.25, 0.3) is 0 Å². The summed E-state index contributed by atoms with van der Waals surface area (Å²) in [5.41, 5.74) is 0. The van der Waals surface area contributed by atoms with Crippen LogP contribution in [-0.4, -0.2) is 25.8 Å². The lowest BCUT2D eigenvalue weighted by atomic mass is 10.2. The van der Waals surface area contributed by atoms with Gasteiger partial charge in [-0.25, -0.2) is 0 Å². The summed E-state index contributed by atoms with van der Waals surface area (Å²) in [6.07, 6.45) is 0.432. The van der Waals surface area contributed by atoms with E-state index in [1.165, 1.54) is 0 Å². The monoisotopic (exact) mass is 146 g/mol. The summed E-state index contributed by atoms with van der Waals surface area (Å²) < 4.78 is 9.72. The number of Topliss-reactive ketones (excluding diaryl/α,β-unsaturated/α-hetero) is 1. The van der Waals surface area contributed by atoms with Gasteiger partial charge in [0, 0.05) is 13.5 Å². The van der Waals surface area contributed by atoms with Crippen molar-refractivity contribution in [1.29, 1.82) is 0 Å². The maximum atomic E-state index is 10.5. The highest BCUT2D eigenvalue weighted by molar-refractivity contribution is 5.75. The molecule has 0 saturated carbocycles. The lowest BCUT2D eigenvalue weighted by Crippen LogP contribution is -2.13. The molecule has 0 aromatic heterocycles. The zero-order valence-electron chi connectivity index (χ0n) is 6.72. The van der Waals surface area contributed by atoms with E-state index < -0.39 is 0 Å². The number of ether oxygens (including phenoxy) is 2. The molecule has 0 N–H and O–H groups in total. The Hall–Kier alpha value is -0.410. The maximum Gasteiger partial charge on any atom is 0.146 e. The highest BCUT2D eigenvalue weighted by Gasteiger charge is 2.03. The Morgan fingerprint density at radius 1 is 1.60 bits per heavy atom. The molecular formula is C7H14O3. The van der Waals surface area contributed by atoms with Crippen molar-refractivity contribution in [2.75, 3.05) is 13.9 Å². The Bertz CT molecular complexity index is 101. The van der Waals surface area contributed by atoms with E-state index in [1.54, 1.807) is 14.0 Å². The van der Waals surface area contributed by atoms with Gasteiger partial charge in [0.2, 0.25) is 0 Å². The van der Waals surface area contributed by atoms with E-state index in [0.29, 0.717) is 6.42 Å². The van der Waals surface area contributed by atoms with Crippen molar-refractivity contribution in [3.8, 4) is 0 Å². The van der Waals surface area contributed by atoms with Gasteiger partial charge in [-0.15, -0.1) is 0 Å². The number of hydrogen-bond acceptors (Lipinski definition) is 3. The minimum Gasteiger partial charge on any atom is -0.359 e. The normalized spacial score (nSPS) is 13.1. The molecule has 3 nitrogen and oxygen atoms in total. The topological polar surface area (TPSA) is 35.5 Å². The zero-order chi connectivity index (χ0) is 7.98. The smallest absolute Gasteiger partial charge is 0.146 e. The number of rotatable bonds is 5. The standard InChI is InChI=1S/C7H14O3/c1-6(8)4-7(2)10-5-9-3/h7H,4-5H2,1-3H3. The Labute approximate surface area is 61.3 Å². The van der Waals surface area contributed by atoms with E-state index in [9.17, 15) is 4.79 Å². The summed E-state index contributed by atoms with van der Waals surface area (Å²) in [4.78, 5) is 10.5. The molecule has 0 radical (unpaired) electrons. The number of carbonyl (C=O) groups is 1. The van der Waals surface area contributed by atoms with Gasteiger partial charge >= 0.3 is 0 Å². The highest BCUT2D eigenvalue weighted by Crippen LogP contribution is 1.97. The second kappa shape index (κ2) is 5.38. The third kappa shape index (κ3) is 5.72. The van der Waals surface area contributed by atoms with Crippen LogP contribution in [0.15, 0.2) is 0 Å². The first kappa shape index (κ1) is 9.59. The first-order valence-electron chi connectivity index (χ1n) is 3.26. The van der Waals surface area contributed by atoms with E-state index in [0.717, 1.165) is 0 Å². The molecule has 0 saturated heterocycles. The quantitative estimate of drug-likeness (QED) is 0.542. The molecule has 0 heterocycles. The van der Waals surface area contributed by atoms with Crippen LogP contribution in [0.3, 0.4) is 0 Å². The zero-order valence-corrected chi connectivity index (χ0v) is 6.72. The van der Waals surface area contributed by atoms with Crippen LogP contribution >= 0.6 is 0 Å². The largest absolute Gasteiger partial charge is 0.359 e. The minimum atomic E-state index is -0.0301. The number of methoxy groups -OCH3 is 1. The molecule has 3 heteroatoms. The van der Waals surface area contributed by atoms with Crippen molar-refractivity contribution in [3.63, 3.8) is 0 Å². The summed E-state index contributed by atoms with van der Waals surface area (Å²) in [5, 5.41) is 0. The summed E-state index contributed by atoms with van der Waals surface area (Å²) in [6.45, 7) is 3.65. The molecule has 0 rings (SSSR count). The molecule has 10 heavy (non-hydrogen) atoms. The van der Waals surface area contributed by atoms with Crippen LogP contribution in [0.1, 0.15) is 20.3 Å². The fraction of sp³-hybridized carbons (Fsp3) is 0.857.